The first-order chi connectivity index (χ1) is 21.6. The monoisotopic (exact) mass is 634 g/mol. The predicted octanol–water partition coefficient (Wildman–Crippen LogP) is 4.16. The smallest absolute Gasteiger partial charge is 0.264 e. The van der Waals surface area contributed by atoms with E-state index in [4.69, 9.17) is 4.74 Å². The van der Waals surface area contributed by atoms with Crippen LogP contribution in [0, 0.1) is 11.8 Å². The molecule has 0 radical (unpaired) electrons. The van der Waals surface area contributed by atoms with E-state index in [9.17, 15) is 14.7 Å². The molecule has 6 rings (SSSR count). The number of nitrogens with zero attached hydrogens (tertiary/aromatic N) is 4. The van der Waals surface area contributed by atoms with Gasteiger partial charge in [-0.15, -0.1) is 5.10 Å². The number of benzene rings is 2. The molecule has 0 bridgehead atoms. The van der Waals surface area contributed by atoms with E-state index in [0.717, 1.165) is 36.2 Å². The van der Waals surface area contributed by atoms with Crippen LogP contribution in [0.5, 0.6) is 0 Å². The number of aromatic nitrogens is 3. The van der Waals surface area contributed by atoms with Crippen molar-refractivity contribution in [1.82, 2.24) is 20.3 Å². The summed E-state index contributed by atoms with van der Waals surface area (Å²) in [5.41, 5.74) is 2.09. The van der Waals surface area contributed by atoms with E-state index in [1.807, 2.05) is 55.5 Å². The zero-order chi connectivity index (χ0) is 31.8. The number of amides is 2. The van der Waals surface area contributed by atoms with Crippen molar-refractivity contribution in [3.05, 3.63) is 71.5 Å². The molecule has 4 heterocycles. The highest BCUT2D eigenvalue weighted by atomic mass is 28.4. The molecule has 2 aromatic carbocycles. The van der Waals surface area contributed by atoms with Crippen LogP contribution in [0.3, 0.4) is 0 Å². The molecule has 5 atom stereocenters. The van der Waals surface area contributed by atoms with Crippen molar-refractivity contribution in [3.63, 3.8) is 0 Å². The molecule has 3 aliphatic heterocycles. The maximum atomic E-state index is 16.1. The minimum absolute atomic E-state index is 0.000297. The van der Waals surface area contributed by atoms with Crippen LogP contribution in [0.15, 0.2) is 54.7 Å². The van der Waals surface area contributed by atoms with Crippen molar-refractivity contribution >= 4 is 31.6 Å². The van der Waals surface area contributed by atoms with Gasteiger partial charge in [-0.2, -0.15) is 0 Å². The molecule has 1 aromatic heterocycles. The Balaban J connectivity index is 1.25. The summed E-state index contributed by atoms with van der Waals surface area (Å²) in [5, 5.41) is 23.8. The standard InChI is InChI=1S/C33H43FN6O4Si/c1-22-30(45(2,3)34)29(13-16-39-21-26(14-17-41)37-38-39)44-33(22)27-11-4-5-12-28(27)40(32(33)43)20-23-8-6-10-25(18-23)36-31(42)24-9-7-15-35-19-24/h4-6,8,10-12,18,21-22,24,29-30,35,41H,7,9,13-17,19-20H2,1-3H3,(H,36,42)/t22-,24?,29+,30-,33+/m0/s1. The number of nitrogens with one attached hydrogen (secondary N) is 2. The van der Waals surface area contributed by atoms with E-state index < -0.39 is 25.7 Å². The van der Waals surface area contributed by atoms with Crippen molar-refractivity contribution in [2.24, 2.45) is 11.8 Å². The first-order valence-corrected chi connectivity index (χ1v) is 19.0. The molecule has 3 aromatic rings. The van der Waals surface area contributed by atoms with E-state index in [1.165, 1.54) is 0 Å². The van der Waals surface area contributed by atoms with E-state index in [2.05, 4.69) is 20.9 Å². The number of carbonyl (C=O) groups excluding carboxylic acids is 2. The van der Waals surface area contributed by atoms with E-state index in [0.29, 0.717) is 43.9 Å². The Hall–Kier alpha value is -3.45. The van der Waals surface area contributed by atoms with Crippen LogP contribution in [0.4, 0.5) is 15.5 Å². The number of aliphatic hydroxyl groups excluding tert-OH is 1. The van der Waals surface area contributed by atoms with Gasteiger partial charge in [0.25, 0.3) is 5.91 Å². The number of aryl methyl sites for hydroxylation is 1. The second-order valence-corrected chi connectivity index (χ2v) is 16.9. The molecule has 3 aliphatic rings. The molecule has 240 valence electrons. The number of halogens is 1. The number of carbonyl (C=O) groups is 2. The average Bonchev–Trinajstić information content (AvgIpc) is 3.67. The summed E-state index contributed by atoms with van der Waals surface area (Å²) in [6.45, 7) is 7.72. The Morgan fingerprint density at radius 2 is 2.07 bits per heavy atom. The Kier molecular flexibility index (Phi) is 8.93. The molecule has 10 nitrogen and oxygen atoms in total. The topological polar surface area (TPSA) is 122 Å². The lowest BCUT2D eigenvalue weighted by Gasteiger charge is -2.31. The molecule has 0 aliphatic carbocycles. The predicted molar refractivity (Wildman–Crippen MR) is 172 cm³/mol. The van der Waals surface area contributed by atoms with Crippen LogP contribution in [0.1, 0.15) is 43.0 Å². The third kappa shape index (κ3) is 6.08. The normalized spacial score (nSPS) is 26.4. The van der Waals surface area contributed by atoms with Crippen molar-refractivity contribution in [1.29, 1.82) is 0 Å². The van der Waals surface area contributed by atoms with Gasteiger partial charge >= 0.3 is 0 Å². The molecule has 2 amide bonds. The van der Waals surface area contributed by atoms with Gasteiger partial charge in [-0.3, -0.25) is 14.3 Å². The maximum absolute atomic E-state index is 16.1. The summed E-state index contributed by atoms with van der Waals surface area (Å²) in [6, 6.07) is 15.3. The summed E-state index contributed by atoms with van der Waals surface area (Å²) in [6.07, 6.45) is 4.04. The highest BCUT2D eigenvalue weighted by molar-refractivity contribution is 6.72. The van der Waals surface area contributed by atoms with Gasteiger partial charge in [-0.1, -0.05) is 42.5 Å². The Bertz CT molecular complexity index is 1540. The van der Waals surface area contributed by atoms with Crippen LogP contribution >= 0.6 is 0 Å². The molecule has 2 fully saturated rings. The number of ether oxygens (including phenoxy) is 1. The number of anilines is 2. The van der Waals surface area contributed by atoms with Gasteiger partial charge in [0.2, 0.25) is 14.3 Å². The molecule has 0 saturated carbocycles. The zero-order valence-electron chi connectivity index (χ0n) is 26.2. The second kappa shape index (κ2) is 12.7. The number of para-hydroxylation sites is 1. The summed E-state index contributed by atoms with van der Waals surface area (Å²) in [5.74, 6) is -0.634. The fourth-order valence-electron chi connectivity index (χ4n) is 7.61. The lowest BCUT2D eigenvalue weighted by Crippen LogP contribution is -2.45. The molecule has 1 unspecified atom stereocenters. The molecule has 1 spiro atoms. The number of fused-ring (bicyclic) bond motifs is 2. The van der Waals surface area contributed by atoms with Gasteiger partial charge in [0.15, 0.2) is 5.60 Å². The van der Waals surface area contributed by atoms with Gasteiger partial charge < -0.3 is 29.5 Å². The molecular weight excluding hydrogens is 591 g/mol. The molecular formula is C33H43FN6O4Si. The van der Waals surface area contributed by atoms with Crippen LogP contribution < -0.4 is 15.5 Å². The number of rotatable bonds is 10. The van der Waals surface area contributed by atoms with Gasteiger partial charge in [0, 0.05) is 55.0 Å². The Morgan fingerprint density at radius 1 is 1.24 bits per heavy atom. The number of aliphatic hydroxyl groups is 1. The van der Waals surface area contributed by atoms with Crippen LogP contribution in [-0.4, -0.2) is 66.1 Å². The fourth-order valence-corrected chi connectivity index (χ4v) is 10.2. The van der Waals surface area contributed by atoms with Gasteiger partial charge in [-0.25, -0.2) is 0 Å². The minimum Gasteiger partial charge on any atom is -0.396 e. The summed E-state index contributed by atoms with van der Waals surface area (Å²) < 4.78 is 24.6. The molecule has 12 heteroatoms. The van der Waals surface area contributed by atoms with Gasteiger partial charge in [0.1, 0.15) is 0 Å². The summed E-state index contributed by atoms with van der Waals surface area (Å²) >= 11 is 0. The number of piperidine rings is 1. The van der Waals surface area contributed by atoms with Crippen LogP contribution in [-0.2, 0) is 39.4 Å². The van der Waals surface area contributed by atoms with Gasteiger partial charge in [0.05, 0.1) is 29.9 Å². The second-order valence-electron chi connectivity index (χ2n) is 13.1. The summed E-state index contributed by atoms with van der Waals surface area (Å²) in [7, 11) is -3.29. The van der Waals surface area contributed by atoms with Crippen molar-refractivity contribution in [2.45, 2.75) is 76.0 Å². The van der Waals surface area contributed by atoms with Crippen LogP contribution in [0.2, 0.25) is 18.6 Å². The number of hydrogen-bond acceptors (Lipinski definition) is 7. The molecule has 45 heavy (non-hydrogen) atoms. The van der Waals surface area contributed by atoms with E-state index >= 15 is 4.11 Å². The van der Waals surface area contributed by atoms with E-state index in [-0.39, 0.29) is 30.3 Å². The number of hydrogen-bond donors (Lipinski definition) is 3. The Labute approximate surface area is 264 Å². The zero-order valence-corrected chi connectivity index (χ0v) is 27.2. The summed E-state index contributed by atoms with van der Waals surface area (Å²) in [4.78, 5) is 29.2. The lowest BCUT2D eigenvalue weighted by atomic mass is 9.82. The third-order valence-corrected chi connectivity index (χ3v) is 12.1. The quantitative estimate of drug-likeness (QED) is 0.226. The molecule has 2 saturated heterocycles. The first kappa shape index (κ1) is 31.5. The first-order valence-electron chi connectivity index (χ1n) is 16.0. The van der Waals surface area contributed by atoms with Crippen LogP contribution in [0.25, 0.3) is 0 Å². The fraction of sp³-hybridized carbons (Fsp3) is 0.515. The van der Waals surface area contributed by atoms with Crippen molar-refractivity contribution < 1.29 is 23.5 Å². The average molecular weight is 635 g/mol. The van der Waals surface area contributed by atoms with Crippen molar-refractivity contribution in [2.75, 3.05) is 29.9 Å². The van der Waals surface area contributed by atoms with Gasteiger partial charge in [-0.05, 0) is 62.7 Å². The maximum Gasteiger partial charge on any atom is 0.264 e. The third-order valence-electron chi connectivity index (χ3n) is 9.67. The SMILES string of the molecule is C[C@H]1[C@H]([Si](C)(C)F)[C@@H](CCn2cc(CCO)nn2)O[C@]12C(=O)N(Cc1cccc(NC(=O)C3CCCNC3)c1)c1ccccc12. The minimum atomic E-state index is -3.29. The Morgan fingerprint density at radius 3 is 2.82 bits per heavy atom. The van der Waals surface area contributed by atoms with E-state index in [1.54, 1.807) is 28.9 Å². The lowest BCUT2D eigenvalue weighted by molar-refractivity contribution is -0.146. The van der Waals surface area contributed by atoms with Crippen molar-refractivity contribution in [3.8, 4) is 0 Å². The highest BCUT2D eigenvalue weighted by Gasteiger charge is 2.66. The highest BCUT2D eigenvalue weighted by Crippen LogP contribution is 2.60. The largest absolute Gasteiger partial charge is 0.396 e. The molecule has 3 N–H and O–H groups in total.